The van der Waals surface area contributed by atoms with E-state index >= 15 is 0 Å². The molecule has 0 saturated carbocycles. The number of thiazole rings is 1. The number of amides is 1. The van der Waals surface area contributed by atoms with Crippen molar-refractivity contribution in [3.8, 4) is 0 Å². The zero-order chi connectivity index (χ0) is 12.1. The Balaban J connectivity index is 2.50. The summed E-state index contributed by atoms with van der Waals surface area (Å²) < 4.78 is 0.682. The zero-order valence-corrected chi connectivity index (χ0v) is 10.7. The van der Waals surface area contributed by atoms with Crippen LogP contribution in [-0.2, 0) is 9.59 Å². The van der Waals surface area contributed by atoms with Crippen molar-refractivity contribution in [3.05, 3.63) is 10.5 Å². The summed E-state index contributed by atoms with van der Waals surface area (Å²) in [6.07, 6.45) is 0. The van der Waals surface area contributed by atoms with Gasteiger partial charge in [-0.15, -0.1) is 11.3 Å². The molecular weight excluding hydrogens is 272 g/mol. The second-order valence-electron chi connectivity index (χ2n) is 2.84. The van der Waals surface area contributed by atoms with Gasteiger partial charge in [0.25, 0.3) is 0 Å². The smallest absolute Gasteiger partial charge is 0.327 e. The average molecular weight is 281 g/mol. The molecule has 16 heavy (non-hydrogen) atoms. The molecule has 1 heterocycles. The Morgan fingerprint density at radius 2 is 2.44 bits per heavy atom. The monoisotopic (exact) mass is 280 g/mol. The van der Waals surface area contributed by atoms with Gasteiger partial charge in [0.15, 0.2) is 4.34 Å². The highest BCUT2D eigenvalue weighted by molar-refractivity contribution is 8.01. The minimum absolute atomic E-state index is 0.221. The third-order valence-electron chi connectivity index (χ3n) is 1.50. The average Bonchev–Trinajstić information content (AvgIpc) is 2.58. The van der Waals surface area contributed by atoms with Crippen molar-refractivity contribution in [2.24, 2.45) is 0 Å². The first-order chi connectivity index (χ1) is 7.49. The highest BCUT2D eigenvalue weighted by Gasteiger charge is 2.19. The fourth-order valence-corrected chi connectivity index (χ4v) is 2.92. The van der Waals surface area contributed by atoms with Crippen LogP contribution >= 0.6 is 34.7 Å². The largest absolute Gasteiger partial charge is 0.480 e. The summed E-state index contributed by atoms with van der Waals surface area (Å²) >= 11 is 8.21. The molecule has 0 aliphatic heterocycles. The van der Waals surface area contributed by atoms with Gasteiger partial charge in [-0.05, 0) is 0 Å². The fourth-order valence-electron chi connectivity index (χ4n) is 0.880. The van der Waals surface area contributed by atoms with E-state index in [0.717, 1.165) is 0 Å². The van der Waals surface area contributed by atoms with Crippen molar-refractivity contribution in [1.82, 2.24) is 10.3 Å². The number of carbonyl (C=O) groups excluding carboxylic acids is 1. The molecule has 0 saturated heterocycles. The van der Waals surface area contributed by atoms with Gasteiger partial charge in [0, 0.05) is 18.1 Å². The van der Waals surface area contributed by atoms with Crippen LogP contribution in [-0.4, -0.2) is 33.8 Å². The number of halogens is 1. The van der Waals surface area contributed by atoms with Crippen LogP contribution < -0.4 is 5.32 Å². The summed E-state index contributed by atoms with van der Waals surface area (Å²) in [7, 11) is 0. The molecule has 8 heteroatoms. The molecule has 1 amide bonds. The van der Waals surface area contributed by atoms with Crippen LogP contribution in [0.4, 0.5) is 0 Å². The predicted molar refractivity (Wildman–Crippen MR) is 63.1 cm³/mol. The third-order valence-corrected chi connectivity index (χ3v) is 3.94. The normalized spacial score (nSPS) is 12.1. The number of nitrogens with zero attached hydrogens (tertiary/aromatic N) is 1. The third kappa shape index (κ3) is 4.38. The number of carboxylic acids is 1. The van der Waals surface area contributed by atoms with Crippen LogP contribution in [0.3, 0.4) is 0 Å². The molecule has 0 aliphatic carbocycles. The minimum Gasteiger partial charge on any atom is -0.480 e. The molecule has 0 bridgehead atoms. The van der Waals surface area contributed by atoms with Gasteiger partial charge in [-0.25, -0.2) is 9.78 Å². The second-order valence-corrected chi connectivity index (χ2v) is 5.35. The summed E-state index contributed by atoms with van der Waals surface area (Å²) in [5.41, 5.74) is 0. The van der Waals surface area contributed by atoms with Crippen molar-refractivity contribution in [2.75, 3.05) is 5.75 Å². The first-order valence-corrected chi connectivity index (χ1v) is 6.47. The molecule has 5 nitrogen and oxygen atoms in total. The van der Waals surface area contributed by atoms with E-state index in [1.165, 1.54) is 30.0 Å². The van der Waals surface area contributed by atoms with Gasteiger partial charge in [-0.3, -0.25) is 4.79 Å². The molecular formula is C8H9ClN2O3S2. The molecule has 0 fully saturated rings. The SMILES string of the molecule is CC(=O)NC(CSc1nc(Cl)cs1)C(=O)O. The van der Waals surface area contributed by atoms with Crippen molar-refractivity contribution in [1.29, 1.82) is 0 Å². The van der Waals surface area contributed by atoms with Crippen molar-refractivity contribution < 1.29 is 14.7 Å². The second kappa shape index (κ2) is 6.07. The van der Waals surface area contributed by atoms with Gasteiger partial charge in [-0.2, -0.15) is 0 Å². The lowest BCUT2D eigenvalue weighted by Crippen LogP contribution is -2.41. The standard InChI is InChI=1S/C8H9ClN2O3S2/c1-4(12)10-5(7(13)14)2-15-8-11-6(9)3-16-8/h3,5H,2H2,1H3,(H,10,12)(H,13,14). The Labute approximate surface area is 105 Å². The molecule has 0 spiro atoms. The van der Waals surface area contributed by atoms with E-state index in [-0.39, 0.29) is 11.7 Å². The van der Waals surface area contributed by atoms with Gasteiger partial charge in [0.05, 0.1) is 0 Å². The van der Waals surface area contributed by atoms with Crippen LogP contribution in [0.2, 0.25) is 5.15 Å². The van der Waals surface area contributed by atoms with Gasteiger partial charge in [0.2, 0.25) is 5.91 Å². The molecule has 0 aliphatic rings. The Morgan fingerprint density at radius 1 is 1.75 bits per heavy atom. The number of hydrogen-bond donors (Lipinski definition) is 2. The topological polar surface area (TPSA) is 79.3 Å². The van der Waals surface area contributed by atoms with E-state index in [1.807, 2.05) is 0 Å². The molecule has 1 aromatic heterocycles. The van der Waals surface area contributed by atoms with Gasteiger partial charge in [-0.1, -0.05) is 23.4 Å². The molecule has 1 rings (SSSR count). The molecule has 1 aromatic rings. The summed E-state index contributed by atoms with van der Waals surface area (Å²) in [5, 5.41) is 13.2. The molecule has 0 aromatic carbocycles. The first-order valence-electron chi connectivity index (χ1n) is 4.22. The Kier molecular flexibility index (Phi) is 5.04. The molecule has 1 atom stereocenters. The fraction of sp³-hybridized carbons (Fsp3) is 0.375. The highest BCUT2D eigenvalue weighted by atomic mass is 35.5. The number of nitrogens with one attached hydrogen (secondary N) is 1. The van der Waals surface area contributed by atoms with E-state index in [2.05, 4.69) is 10.3 Å². The Hall–Kier alpha value is -0.790. The molecule has 88 valence electrons. The van der Waals surface area contributed by atoms with E-state index < -0.39 is 12.0 Å². The zero-order valence-electron chi connectivity index (χ0n) is 8.27. The van der Waals surface area contributed by atoms with E-state index in [1.54, 1.807) is 5.38 Å². The summed E-state index contributed by atoms with van der Waals surface area (Å²) in [4.78, 5) is 25.5. The number of carbonyl (C=O) groups is 2. The molecule has 0 radical (unpaired) electrons. The Morgan fingerprint density at radius 3 is 2.88 bits per heavy atom. The number of hydrogen-bond acceptors (Lipinski definition) is 5. The number of aliphatic carboxylic acids is 1. The van der Waals surface area contributed by atoms with E-state index in [9.17, 15) is 9.59 Å². The number of rotatable bonds is 5. The number of thioether (sulfide) groups is 1. The van der Waals surface area contributed by atoms with E-state index in [0.29, 0.717) is 9.49 Å². The van der Waals surface area contributed by atoms with Gasteiger partial charge >= 0.3 is 5.97 Å². The lowest BCUT2D eigenvalue weighted by Gasteiger charge is -2.11. The van der Waals surface area contributed by atoms with Crippen molar-refractivity contribution >= 4 is 46.6 Å². The van der Waals surface area contributed by atoms with Crippen LogP contribution in [0.25, 0.3) is 0 Å². The van der Waals surface area contributed by atoms with Crippen molar-refractivity contribution in [2.45, 2.75) is 17.3 Å². The maximum absolute atomic E-state index is 10.8. The van der Waals surface area contributed by atoms with Gasteiger partial charge < -0.3 is 10.4 Å². The summed E-state index contributed by atoms with van der Waals surface area (Å²) in [5.74, 6) is -1.21. The quantitative estimate of drug-likeness (QED) is 0.799. The lowest BCUT2D eigenvalue weighted by molar-refractivity contribution is -0.140. The van der Waals surface area contributed by atoms with Crippen molar-refractivity contribution in [3.63, 3.8) is 0 Å². The molecule has 2 N–H and O–H groups in total. The maximum atomic E-state index is 10.8. The highest BCUT2D eigenvalue weighted by Crippen LogP contribution is 2.25. The predicted octanol–water partition coefficient (Wildman–Crippen LogP) is 1.48. The minimum atomic E-state index is -1.06. The van der Waals surface area contributed by atoms with E-state index in [4.69, 9.17) is 16.7 Å². The summed E-state index contributed by atoms with van der Waals surface area (Å²) in [6, 6.07) is -0.912. The number of carboxylic acid groups (broad SMARTS) is 1. The van der Waals surface area contributed by atoms with Crippen LogP contribution in [0, 0.1) is 0 Å². The van der Waals surface area contributed by atoms with Crippen LogP contribution in [0.15, 0.2) is 9.72 Å². The first kappa shape index (κ1) is 13.3. The number of aromatic nitrogens is 1. The van der Waals surface area contributed by atoms with Crippen LogP contribution in [0.5, 0.6) is 0 Å². The Bertz CT molecular complexity index is 396. The molecule has 1 unspecified atom stereocenters. The van der Waals surface area contributed by atoms with Gasteiger partial charge in [0.1, 0.15) is 11.2 Å². The lowest BCUT2D eigenvalue weighted by atomic mass is 10.3. The maximum Gasteiger partial charge on any atom is 0.327 e. The van der Waals surface area contributed by atoms with Crippen LogP contribution in [0.1, 0.15) is 6.92 Å². The summed E-state index contributed by atoms with van der Waals surface area (Å²) in [6.45, 7) is 1.28.